The number of piperazine rings is 1. The number of piperidine rings is 1. The molecule has 0 amide bonds. The average Bonchev–Trinajstić information content (AvgIpc) is 2.34. The van der Waals surface area contributed by atoms with E-state index in [9.17, 15) is 0 Å². The maximum absolute atomic E-state index is 3.73. The summed E-state index contributed by atoms with van der Waals surface area (Å²) in [5.74, 6) is 0.798. The van der Waals surface area contributed by atoms with Gasteiger partial charge < -0.3 is 9.80 Å². The van der Waals surface area contributed by atoms with Crippen molar-refractivity contribution < 1.29 is 0 Å². The Bertz CT molecular complexity index is 228. The van der Waals surface area contributed by atoms with E-state index >= 15 is 0 Å². The Labute approximate surface area is 112 Å². The van der Waals surface area contributed by atoms with Gasteiger partial charge >= 0.3 is 0 Å². The van der Waals surface area contributed by atoms with Crippen molar-refractivity contribution in [2.45, 2.75) is 32.7 Å². The molecule has 0 bridgehead atoms. The van der Waals surface area contributed by atoms with Crippen LogP contribution in [0.25, 0.3) is 0 Å². The van der Waals surface area contributed by atoms with E-state index in [1.54, 1.807) is 0 Å². The minimum atomic E-state index is 0.705. The highest BCUT2D eigenvalue weighted by Gasteiger charge is 2.22. The standard InChI is InChI=1S/C14H30N4/c1-13(2)12-17-6-4-14(5-7-17)15-18-10-8-16(3)9-11-18/h13-15H,4-12H2,1-3H3. The average molecular weight is 254 g/mol. The summed E-state index contributed by atoms with van der Waals surface area (Å²) in [7, 11) is 2.21. The maximum Gasteiger partial charge on any atom is 0.0259 e. The molecule has 0 saturated carbocycles. The molecular weight excluding hydrogens is 224 g/mol. The van der Waals surface area contributed by atoms with E-state index in [-0.39, 0.29) is 0 Å². The van der Waals surface area contributed by atoms with Crippen molar-refractivity contribution in [2.75, 3.05) is 52.9 Å². The van der Waals surface area contributed by atoms with Crippen LogP contribution in [-0.2, 0) is 0 Å². The van der Waals surface area contributed by atoms with Crippen LogP contribution >= 0.6 is 0 Å². The van der Waals surface area contributed by atoms with Crippen molar-refractivity contribution in [2.24, 2.45) is 5.92 Å². The van der Waals surface area contributed by atoms with E-state index in [2.05, 4.69) is 41.1 Å². The van der Waals surface area contributed by atoms with Crippen molar-refractivity contribution in [1.29, 1.82) is 0 Å². The Morgan fingerprint density at radius 2 is 1.61 bits per heavy atom. The molecule has 106 valence electrons. The fourth-order valence-electron chi connectivity index (χ4n) is 2.95. The van der Waals surface area contributed by atoms with Gasteiger partial charge in [-0.15, -0.1) is 0 Å². The number of hydrogen-bond acceptors (Lipinski definition) is 4. The van der Waals surface area contributed by atoms with Crippen LogP contribution in [0.3, 0.4) is 0 Å². The molecule has 2 rings (SSSR count). The van der Waals surface area contributed by atoms with Crippen LogP contribution < -0.4 is 5.43 Å². The molecule has 1 N–H and O–H groups in total. The summed E-state index contributed by atoms with van der Waals surface area (Å²) < 4.78 is 0. The van der Waals surface area contributed by atoms with Gasteiger partial charge in [0.1, 0.15) is 0 Å². The number of likely N-dealkylation sites (tertiary alicyclic amines) is 1. The quantitative estimate of drug-likeness (QED) is 0.803. The van der Waals surface area contributed by atoms with E-state index in [4.69, 9.17) is 0 Å². The summed E-state index contributed by atoms with van der Waals surface area (Å²) >= 11 is 0. The van der Waals surface area contributed by atoms with Crippen molar-refractivity contribution >= 4 is 0 Å². The monoisotopic (exact) mass is 254 g/mol. The Hall–Kier alpha value is -0.160. The highest BCUT2D eigenvalue weighted by atomic mass is 15.5. The molecule has 18 heavy (non-hydrogen) atoms. The lowest BCUT2D eigenvalue weighted by Crippen LogP contribution is -2.55. The van der Waals surface area contributed by atoms with Crippen molar-refractivity contribution in [3.8, 4) is 0 Å². The van der Waals surface area contributed by atoms with E-state index in [1.165, 1.54) is 58.7 Å². The number of hydrogen-bond donors (Lipinski definition) is 1. The summed E-state index contributed by atoms with van der Waals surface area (Å²) in [5, 5.41) is 2.43. The third kappa shape index (κ3) is 4.50. The molecule has 0 aromatic heterocycles. The van der Waals surface area contributed by atoms with Gasteiger partial charge in [-0.05, 0) is 38.9 Å². The first-order valence-electron chi connectivity index (χ1n) is 7.55. The molecule has 2 aliphatic heterocycles. The Kier molecular flexibility index (Phi) is 5.42. The van der Waals surface area contributed by atoms with Gasteiger partial charge in [-0.2, -0.15) is 0 Å². The second-order valence-corrected chi connectivity index (χ2v) is 6.39. The molecule has 4 nitrogen and oxygen atoms in total. The number of rotatable bonds is 4. The van der Waals surface area contributed by atoms with Gasteiger partial charge in [-0.1, -0.05) is 13.8 Å². The van der Waals surface area contributed by atoms with Crippen LogP contribution in [0.5, 0.6) is 0 Å². The van der Waals surface area contributed by atoms with Gasteiger partial charge in [0, 0.05) is 38.8 Å². The summed E-state index contributed by atoms with van der Waals surface area (Å²) in [6.07, 6.45) is 2.61. The SMILES string of the molecule is CC(C)CN1CCC(NN2CCN(C)CC2)CC1. The molecule has 4 heteroatoms. The van der Waals surface area contributed by atoms with Crippen LogP contribution in [0.2, 0.25) is 0 Å². The second kappa shape index (κ2) is 6.85. The van der Waals surface area contributed by atoms with Gasteiger partial charge in [-0.3, -0.25) is 5.43 Å². The van der Waals surface area contributed by atoms with Gasteiger partial charge in [-0.25, -0.2) is 5.01 Å². The largest absolute Gasteiger partial charge is 0.304 e. The lowest BCUT2D eigenvalue weighted by atomic mass is 10.0. The lowest BCUT2D eigenvalue weighted by molar-refractivity contribution is 0.0650. The van der Waals surface area contributed by atoms with Crippen molar-refractivity contribution in [3.05, 3.63) is 0 Å². The molecule has 0 aromatic rings. The van der Waals surface area contributed by atoms with Crippen LogP contribution in [0.1, 0.15) is 26.7 Å². The predicted molar refractivity (Wildman–Crippen MR) is 76.5 cm³/mol. The predicted octanol–water partition coefficient (Wildman–Crippen LogP) is 0.859. The normalized spacial score (nSPS) is 26.0. The zero-order valence-electron chi connectivity index (χ0n) is 12.4. The van der Waals surface area contributed by atoms with E-state index < -0.39 is 0 Å². The highest BCUT2D eigenvalue weighted by Crippen LogP contribution is 2.13. The first kappa shape index (κ1) is 14.3. The summed E-state index contributed by atoms with van der Waals surface area (Å²) in [6.45, 7) is 13.2. The number of likely N-dealkylation sites (N-methyl/N-ethyl adjacent to an activating group) is 1. The van der Waals surface area contributed by atoms with Crippen LogP contribution in [0.15, 0.2) is 0 Å². The van der Waals surface area contributed by atoms with E-state index in [0.717, 1.165) is 5.92 Å². The molecule has 2 fully saturated rings. The zero-order chi connectivity index (χ0) is 13.0. The minimum absolute atomic E-state index is 0.705. The number of nitrogens with one attached hydrogen (secondary N) is 1. The minimum Gasteiger partial charge on any atom is -0.304 e. The first-order chi connectivity index (χ1) is 8.63. The van der Waals surface area contributed by atoms with Crippen molar-refractivity contribution in [3.63, 3.8) is 0 Å². The van der Waals surface area contributed by atoms with E-state index in [0.29, 0.717) is 6.04 Å². The Morgan fingerprint density at radius 3 is 2.17 bits per heavy atom. The summed E-state index contributed by atoms with van der Waals surface area (Å²) in [4.78, 5) is 5.02. The van der Waals surface area contributed by atoms with Gasteiger partial charge in [0.2, 0.25) is 0 Å². The first-order valence-corrected chi connectivity index (χ1v) is 7.55. The fourth-order valence-corrected chi connectivity index (χ4v) is 2.95. The molecule has 0 radical (unpaired) electrons. The third-order valence-corrected chi connectivity index (χ3v) is 4.08. The summed E-state index contributed by atoms with van der Waals surface area (Å²) in [6, 6.07) is 0.705. The van der Waals surface area contributed by atoms with Crippen LogP contribution in [0, 0.1) is 5.92 Å². The molecule has 2 aliphatic rings. The molecule has 0 aliphatic carbocycles. The van der Waals surface area contributed by atoms with Gasteiger partial charge in [0.15, 0.2) is 0 Å². The molecule has 0 atom stereocenters. The second-order valence-electron chi connectivity index (χ2n) is 6.39. The molecule has 2 saturated heterocycles. The molecule has 0 unspecified atom stereocenters. The highest BCUT2D eigenvalue weighted by molar-refractivity contribution is 4.78. The van der Waals surface area contributed by atoms with Crippen molar-refractivity contribution in [1.82, 2.24) is 20.2 Å². The zero-order valence-corrected chi connectivity index (χ0v) is 12.4. The number of hydrazine groups is 1. The molecule has 2 heterocycles. The molecular formula is C14H30N4. The van der Waals surface area contributed by atoms with E-state index in [1.807, 2.05) is 0 Å². The topological polar surface area (TPSA) is 21.8 Å². The van der Waals surface area contributed by atoms with Crippen LogP contribution in [0.4, 0.5) is 0 Å². The third-order valence-electron chi connectivity index (χ3n) is 4.08. The smallest absolute Gasteiger partial charge is 0.0259 e. The number of nitrogens with zero attached hydrogens (tertiary/aromatic N) is 3. The summed E-state index contributed by atoms with van der Waals surface area (Å²) in [5.41, 5.74) is 3.73. The lowest BCUT2D eigenvalue weighted by Gasteiger charge is -2.39. The van der Waals surface area contributed by atoms with Crippen LogP contribution in [-0.4, -0.2) is 73.7 Å². The van der Waals surface area contributed by atoms with Gasteiger partial charge in [0.05, 0.1) is 0 Å². The Morgan fingerprint density at radius 1 is 1.00 bits per heavy atom. The Balaban J connectivity index is 1.64. The maximum atomic E-state index is 3.73. The fraction of sp³-hybridized carbons (Fsp3) is 1.00. The molecule has 0 aromatic carbocycles. The van der Waals surface area contributed by atoms with Gasteiger partial charge in [0.25, 0.3) is 0 Å². The molecule has 0 spiro atoms.